The van der Waals surface area contributed by atoms with Crippen LogP contribution in [0.2, 0.25) is 0 Å². The molecule has 0 fully saturated rings. The summed E-state index contributed by atoms with van der Waals surface area (Å²) < 4.78 is 0. The van der Waals surface area contributed by atoms with Crippen LogP contribution in [-0.2, 0) is 0 Å². The van der Waals surface area contributed by atoms with Gasteiger partial charge in [0.05, 0.1) is 0 Å². The minimum Gasteiger partial charge on any atom is -0.373 e. The number of benzene rings is 1. The Balaban J connectivity index is 0.00000243. The van der Waals surface area contributed by atoms with Crippen LogP contribution < -0.4 is 16.0 Å². The van der Waals surface area contributed by atoms with Crippen LogP contribution in [0.25, 0.3) is 11.4 Å². The van der Waals surface area contributed by atoms with Gasteiger partial charge in [0, 0.05) is 40.9 Å². The van der Waals surface area contributed by atoms with E-state index in [2.05, 4.69) is 35.9 Å². The first kappa shape index (κ1) is 16.6. The first-order valence-corrected chi connectivity index (χ1v) is 8.13. The third kappa shape index (κ3) is 4.41. The molecule has 0 radical (unpaired) electrons. The van der Waals surface area contributed by atoms with Crippen LogP contribution in [0.5, 0.6) is 0 Å². The Hall–Kier alpha value is -3.22. The zero-order valence-electron chi connectivity index (χ0n) is 14.5. The van der Waals surface area contributed by atoms with Gasteiger partial charge in [-0.15, -0.1) is 0 Å². The van der Waals surface area contributed by atoms with E-state index in [1.807, 2.05) is 63.4 Å². The molecule has 0 aliphatic heterocycles. The molecule has 0 atom stereocenters. The van der Waals surface area contributed by atoms with Crippen LogP contribution >= 0.6 is 0 Å². The zero-order valence-corrected chi connectivity index (χ0v) is 14.5. The summed E-state index contributed by atoms with van der Waals surface area (Å²) in [6, 6.07) is 13.8. The van der Waals surface area contributed by atoms with Crippen molar-refractivity contribution in [1.82, 2.24) is 19.9 Å². The minimum absolute atomic E-state index is 0. The van der Waals surface area contributed by atoms with Crippen LogP contribution in [0.4, 0.5) is 23.4 Å². The molecule has 7 heteroatoms. The molecule has 0 amide bonds. The van der Waals surface area contributed by atoms with Crippen LogP contribution in [0.1, 0.15) is 18.1 Å². The van der Waals surface area contributed by atoms with Crippen LogP contribution in [0.3, 0.4) is 0 Å². The van der Waals surface area contributed by atoms with E-state index in [9.17, 15) is 0 Å². The van der Waals surface area contributed by atoms with E-state index >= 15 is 0 Å². The standard InChI is InChI=1S/C18H21N7.3H2/c1-12(2)21-17-23-16(13-7-5-4-6-8-13)24-18(25-17)22-14-9-10-20-15(11-14)19-3;;;/h4-12H,1-3H3,(H3,19,20,21,22,23,24,25);3*1H. The zero-order chi connectivity index (χ0) is 17.6. The molecule has 25 heavy (non-hydrogen) atoms. The molecule has 0 aliphatic carbocycles. The Morgan fingerprint density at radius 3 is 2.44 bits per heavy atom. The number of rotatable bonds is 6. The van der Waals surface area contributed by atoms with Crippen molar-refractivity contribution in [2.24, 2.45) is 0 Å². The molecule has 3 aromatic rings. The van der Waals surface area contributed by atoms with Crippen molar-refractivity contribution in [3.05, 3.63) is 48.7 Å². The van der Waals surface area contributed by atoms with Gasteiger partial charge < -0.3 is 16.0 Å². The summed E-state index contributed by atoms with van der Waals surface area (Å²) in [4.78, 5) is 17.7. The molecule has 0 spiro atoms. The van der Waals surface area contributed by atoms with Gasteiger partial charge in [-0.2, -0.15) is 15.0 Å². The topological polar surface area (TPSA) is 87.7 Å². The summed E-state index contributed by atoms with van der Waals surface area (Å²) in [5.74, 6) is 2.39. The van der Waals surface area contributed by atoms with Crippen LogP contribution in [0, 0.1) is 0 Å². The fraction of sp³-hybridized carbons (Fsp3) is 0.222. The fourth-order valence-electron chi connectivity index (χ4n) is 2.25. The molecular formula is C18H27N7. The molecular weight excluding hydrogens is 314 g/mol. The van der Waals surface area contributed by atoms with E-state index in [0.717, 1.165) is 17.1 Å². The lowest BCUT2D eigenvalue weighted by molar-refractivity contribution is 0.869. The Kier molecular flexibility index (Phi) is 5.03. The van der Waals surface area contributed by atoms with Gasteiger partial charge >= 0.3 is 0 Å². The summed E-state index contributed by atoms with van der Waals surface area (Å²) in [6.07, 6.45) is 1.72. The number of nitrogens with one attached hydrogen (secondary N) is 3. The Morgan fingerprint density at radius 1 is 0.960 bits per heavy atom. The average Bonchev–Trinajstić information content (AvgIpc) is 2.62. The molecule has 2 aromatic heterocycles. The lowest BCUT2D eigenvalue weighted by atomic mass is 10.2. The van der Waals surface area contributed by atoms with Crippen molar-refractivity contribution in [3.8, 4) is 11.4 Å². The largest absolute Gasteiger partial charge is 0.373 e. The number of hydrogen-bond donors (Lipinski definition) is 3. The highest BCUT2D eigenvalue weighted by molar-refractivity contribution is 5.62. The maximum Gasteiger partial charge on any atom is 0.232 e. The quantitative estimate of drug-likeness (QED) is 0.617. The summed E-state index contributed by atoms with van der Waals surface area (Å²) in [5, 5.41) is 9.47. The molecule has 1 aromatic carbocycles. The van der Waals surface area contributed by atoms with E-state index in [-0.39, 0.29) is 10.3 Å². The predicted octanol–water partition coefficient (Wildman–Crippen LogP) is 4.28. The fourth-order valence-corrected chi connectivity index (χ4v) is 2.25. The normalized spacial score (nSPS) is 10.6. The predicted molar refractivity (Wildman–Crippen MR) is 107 cm³/mol. The molecule has 3 rings (SSSR count). The smallest absolute Gasteiger partial charge is 0.232 e. The summed E-state index contributed by atoms with van der Waals surface area (Å²) >= 11 is 0. The molecule has 0 unspecified atom stereocenters. The maximum absolute atomic E-state index is 4.55. The molecule has 2 heterocycles. The van der Waals surface area contributed by atoms with Gasteiger partial charge in [-0.1, -0.05) is 30.3 Å². The van der Waals surface area contributed by atoms with E-state index in [4.69, 9.17) is 0 Å². The average molecular weight is 341 g/mol. The third-order valence-electron chi connectivity index (χ3n) is 3.36. The number of anilines is 4. The second-order valence-electron chi connectivity index (χ2n) is 5.78. The molecule has 7 nitrogen and oxygen atoms in total. The van der Waals surface area contributed by atoms with Crippen molar-refractivity contribution in [1.29, 1.82) is 0 Å². The highest BCUT2D eigenvalue weighted by Gasteiger charge is 2.10. The first-order chi connectivity index (χ1) is 12.1. The van der Waals surface area contributed by atoms with Crippen LogP contribution in [-0.4, -0.2) is 33.0 Å². The number of aromatic nitrogens is 4. The van der Waals surface area contributed by atoms with Gasteiger partial charge in [-0.05, 0) is 19.9 Å². The Morgan fingerprint density at radius 2 is 1.72 bits per heavy atom. The van der Waals surface area contributed by atoms with Crippen LogP contribution in [0.15, 0.2) is 48.7 Å². The molecule has 0 saturated carbocycles. The summed E-state index contributed by atoms with van der Waals surface area (Å²) in [7, 11) is 1.83. The van der Waals surface area contributed by atoms with Gasteiger partial charge in [-0.3, -0.25) is 0 Å². The summed E-state index contributed by atoms with van der Waals surface area (Å²) in [5.41, 5.74) is 1.78. The summed E-state index contributed by atoms with van der Waals surface area (Å²) in [6.45, 7) is 4.09. The van der Waals surface area contributed by atoms with Crippen molar-refractivity contribution < 1.29 is 4.28 Å². The van der Waals surface area contributed by atoms with Gasteiger partial charge in [0.2, 0.25) is 11.9 Å². The van der Waals surface area contributed by atoms with Gasteiger partial charge in [-0.25, -0.2) is 4.98 Å². The lowest BCUT2D eigenvalue weighted by Crippen LogP contribution is -2.14. The monoisotopic (exact) mass is 341 g/mol. The molecule has 3 N–H and O–H groups in total. The highest BCUT2D eigenvalue weighted by Crippen LogP contribution is 2.21. The molecule has 0 bridgehead atoms. The maximum atomic E-state index is 4.55. The van der Waals surface area contributed by atoms with E-state index < -0.39 is 0 Å². The lowest BCUT2D eigenvalue weighted by Gasteiger charge is -2.12. The van der Waals surface area contributed by atoms with Crippen molar-refractivity contribution >= 4 is 23.4 Å². The highest BCUT2D eigenvalue weighted by atomic mass is 15.2. The van der Waals surface area contributed by atoms with Crippen molar-refractivity contribution in [2.45, 2.75) is 19.9 Å². The second kappa shape index (κ2) is 7.57. The second-order valence-corrected chi connectivity index (χ2v) is 5.78. The van der Waals surface area contributed by atoms with Gasteiger partial charge in [0.15, 0.2) is 5.82 Å². The van der Waals surface area contributed by atoms with Crippen molar-refractivity contribution in [2.75, 3.05) is 23.0 Å². The number of hydrogen-bond acceptors (Lipinski definition) is 7. The minimum atomic E-state index is 0. The third-order valence-corrected chi connectivity index (χ3v) is 3.36. The first-order valence-electron chi connectivity index (χ1n) is 8.13. The Labute approximate surface area is 151 Å². The van der Waals surface area contributed by atoms with Crippen molar-refractivity contribution in [3.63, 3.8) is 0 Å². The molecule has 0 aliphatic rings. The molecule has 0 saturated heterocycles. The van der Waals surface area contributed by atoms with Gasteiger partial charge in [0.1, 0.15) is 5.82 Å². The number of nitrogens with zero attached hydrogens (tertiary/aromatic N) is 4. The van der Waals surface area contributed by atoms with Gasteiger partial charge in [0.25, 0.3) is 0 Å². The number of pyridine rings is 1. The SMILES string of the molecule is CNc1cc(Nc2nc(NC(C)C)nc(-c3ccccc3)n2)ccn1.[HH].[HH].[HH]. The Bertz CT molecular complexity index is 848. The van der Waals surface area contributed by atoms with E-state index in [0.29, 0.717) is 17.7 Å². The van der Waals surface area contributed by atoms with E-state index in [1.165, 1.54) is 0 Å². The van der Waals surface area contributed by atoms with E-state index in [1.54, 1.807) is 6.20 Å². The molecule has 134 valence electrons.